The zero-order valence-electron chi connectivity index (χ0n) is 24.3. The maximum Gasteiger partial charge on any atom is 0.335 e. The standard InChI is InChI=1S/C38H28N4O3/c39-23-26-2-1-3-30(20-26)32-21-31-14-19-42(24-25-4-6-27(7-5-25)28-12-17-40-18-13-28)35(31)34(22-32)36(43)41-38(15-16-38)33-10-8-29(9-11-33)37(44)45/h1-14,17-22H,15-16,24H2,(H,41,43)(H,44,45). The molecule has 7 heteroatoms. The van der Waals surface area contributed by atoms with E-state index < -0.39 is 11.5 Å². The van der Waals surface area contributed by atoms with Gasteiger partial charge in [-0.2, -0.15) is 5.26 Å². The zero-order chi connectivity index (χ0) is 31.0. The molecule has 0 atom stereocenters. The zero-order valence-corrected chi connectivity index (χ0v) is 24.3. The molecule has 218 valence electrons. The molecule has 0 aliphatic heterocycles. The van der Waals surface area contributed by atoms with E-state index in [1.165, 1.54) is 0 Å². The minimum atomic E-state index is -0.983. The van der Waals surface area contributed by atoms with Crippen molar-refractivity contribution in [3.8, 4) is 28.3 Å². The molecule has 45 heavy (non-hydrogen) atoms. The van der Waals surface area contributed by atoms with Crippen LogP contribution in [0.25, 0.3) is 33.2 Å². The van der Waals surface area contributed by atoms with Gasteiger partial charge in [-0.15, -0.1) is 0 Å². The molecule has 0 bridgehead atoms. The van der Waals surface area contributed by atoms with Crippen molar-refractivity contribution in [1.82, 2.24) is 14.9 Å². The number of amides is 1. The normalized spacial score (nSPS) is 13.2. The lowest BCUT2D eigenvalue weighted by atomic mass is 9.97. The lowest BCUT2D eigenvalue weighted by Crippen LogP contribution is -2.35. The van der Waals surface area contributed by atoms with E-state index in [1.54, 1.807) is 42.7 Å². The smallest absolute Gasteiger partial charge is 0.335 e. The van der Waals surface area contributed by atoms with Crippen LogP contribution in [0.5, 0.6) is 0 Å². The minimum absolute atomic E-state index is 0.203. The van der Waals surface area contributed by atoms with Crippen molar-refractivity contribution in [1.29, 1.82) is 5.26 Å². The molecule has 6 aromatic rings. The summed E-state index contributed by atoms with van der Waals surface area (Å²) in [6, 6.07) is 34.7. The predicted octanol–water partition coefficient (Wildman–Crippen LogP) is 7.41. The average molecular weight is 589 g/mol. The van der Waals surface area contributed by atoms with Crippen molar-refractivity contribution >= 4 is 22.8 Å². The predicted molar refractivity (Wildman–Crippen MR) is 173 cm³/mol. The highest BCUT2D eigenvalue weighted by atomic mass is 16.4. The van der Waals surface area contributed by atoms with E-state index >= 15 is 0 Å². The Kier molecular flexibility index (Phi) is 6.95. The maximum absolute atomic E-state index is 14.2. The van der Waals surface area contributed by atoms with Gasteiger partial charge in [-0.1, -0.05) is 48.5 Å². The molecule has 7 nitrogen and oxygen atoms in total. The molecule has 1 aliphatic carbocycles. The average Bonchev–Trinajstić information content (AvgIpc) is 3.76. The van der Waals surface area contributed by atoms with Crippen LogP contribution >= 0.6 is 0 Å². The van der Waals surface area contributed by atoms with Crippen molar-refractivity contribution in [2.45, 2.75) is 24.9 Å². The van der Waals surface area contributed by atoms with Gasteiger partial charge < -0.3 is 15.0 Å². The van der Waals surface area contributed by atoms with Crippen LogP contribution in [0.1, 0.15) is 50.2 Å². The number of pyridine rings is 1. The number of carboxylic acid groups (broad SMARTS) is 1. The summed E-state index contributed by atoms with van der Waals surface area (Å²) in [4.78, 5) is 29.7. The Morgan fingerprint density at radius 1 is 0.844 bits per heavy atom. The van der Waals surface area contributed by atoms with Crippen LogP contribution < -0.4 is 5.32 Å². The fourth-order valence-electron chi connectivity index (χ4n) is 5.96. The van der Waals surface area contributed by atoms with E-state index in [0.717, 1.165) is 57.1 Å². The van der Waals surface area contributed by atoms with Crippen molar-refractivity contribution < 1.29 is 14.7 Å². The molecule has 0 saturated heterocycles. The number of aromatic nitrogens is 2. The van der Waals surface area contributed by atoms with Crippen LogP contribution in [-0.2, 0) is 12.1 Å². The Balaban J connectivity index is 1.26. The second-order valence-corrected chi connectivity index (χ2v) is 11.4. The fraction of sp³-hybridized carbons (Fsp3) is 0.105. The largest absolute Gasteiger partial charge is 0.478 e. The number of nitrogens with one attached hydrogen (secondary N) is 1. The van der Waals surface area contributed by atoms with E-state index in [1.807, 2.05) is 48.7 Å². The first-order chi connectivity index (χ1) is 21.9. The number of hydrogen-bond acceptors (Lipinski definition) is 4. The molecule has 1 amide bonds. The molecule has 2 heterocycles. The van der Waals surface area contributed by atoms with E-state index in [0.29, 0.717) is 17.7 Å². The van der Waals surface area contributed by atoms with Gasteiger partial charge in [-0.3, -0.25) is 9.78 Å². The third-order valence-electron chi connectivity index (χ3n) is 8.54. The Morgan fingerprint density at radius 2 is 1.58 bits per heavy atom. The topological polar surface area (TPSA) is 108 Å². The molecule has 0 spiro atoms. The van der Waals surface area contributed by atoms with Gasteiger partial charge in [0.1, 0.15) is 0 Å². The molecule has 1 fully saturated rings. The lowest BCUT2D eigenvalue weighted by molar-refractivity contribution is 0.0696. The van der Waals surface area contributed by atoms with Crippen LogP contribution in [0.4, 0.5) is 0 Å². The molecule has 4 aromatic carbocycles. The van der Waals surface area contributed by atoms with Gasteiger partial charge >= 0.3 is 5.97 Å². The molecule has 0 unspecified atom stereocenters. The molecule has 0 radical (unpaired) electrons. The number of rotatable bonds is 8. The van der Waals surface area contributed by atoms with Gasteiger partial charge in [0.05, 0.1) is 33.8 Å². The Bertz CT molecular complexity index is 2100. The molecular weight excluding hydrogens is 560 g/mol. The maximum atomic E-state index is 14.2. The summed E-state index contributed by atoms with van der Waals surface area (Å²) in [5.74, 6) is -1.19. The van der Waals surface area contributed by atoms with Crippen LogP contribution in [0.15, 0.2) is 122 Å². The number of carbonyl (C=O) groups excluding carboxylic acids is 1. The number of carbonyl (C=O) groups is 2. The Labute approximate surface area is 260 Å². The Morgan fingerprint density at radius 3 is 2.27 bits per heavy atom. The van der Waals surface area contributed by atoms with Crippen molar-refractivity contribution in [2.24, 2.45) is 0 Å². The van der Waals surface area contributed by atoms with Gasteiger partial charge in [0.15, 0.2) is 0 Å². The summed E-state index contributed by atoms with van der Waals surface area (Å²) >= 11 is 0. The number of hydrogen-bond donors (Lipinski definition) is 2. The molecule has 7 rings (SSSR count). The van der Waals surface area contributed by atoms with Gasteiger partial charge in [-0.25, -0.2) is 4.79 Å². The van der Waals surface area contributed by atoms with Crippen LogP contribution in [0, 0.1) is 11.3 Å². The van der Waals surface area contributed by atoms with Crippen LogP contribution in [0.2, 0.25) is 0 Å². The third-order valence-corrected chi connectivity index (χ3v) is 8.54. The van der Waals surface area contributed by atoms with Crippen molar-refractivity contribution in [2.75, 3.05) is 0 Å². The number of benzene rings is 4. The summed E-state index contributed by atoms with van der Waals surface area (Å²) in [7, 11) is 0. The molecule has 2 aromatic heterocycles. The second-order valence-electron chi connectivity index (χ2n) is 11.4. The monoisotopic (exact) mass is 588 g/mol. The molecule has 1 aliphatic rings. The summed E-state index contributed by atoms with van der Waals surface area (Å²) in [6.45, 7) is 0.575. The first-order valence-electron chi connectivity index (χ1n) is 14.7. The third kappa shape index (κ3) is 5.46. The minimum Gasteiger partial charge on any atom is -0.478 e. The number of carboxylic acids is 1. The SMILES string of the molecule is N#Cc1cccc(-c2cc(C(=O)NC3(c4ccc(C(=O)O)cc4)CC3)c3c(ccn3Cc3ccc(-c4ccncc4)cc3)c2)c1. The van der Waals surface area contributed by atoms with Crippen LogP contribution in [-0.4, -0.2) is 26.5 Å². The van der Waals surface area contributed by atoms with Crippen LogP contribution in [0.3, 0.4) is 0 Å². The van der Waals surface area contributed by atoms with Gasteiger partial charge in [-0.05, 0) is 101 Å². The highest BCUT2D eigenvalue weighted by Crippen LogP contribution is 2.46. The first kappa shape index (κ1) is 27.8. The van der Waals surface area contributed by atoms with E-state index in [4.69, 9.17) is 0 Å². The quantitative estimate of drug-likeness (QED) is 0.193. The van der Waals surface area contributed by atoms with E-state index in [9.17, 15) is 20.0 Å². The number of nitriles is 1. The summed E-state index contributed by atoms with van der Waals surface area (Å²) in [5, 5.41) is 23.0. The summed E-state index contributed by atoms with van der Waals surface area (Å²) < 4.78 is 2.10. The molecule has 1 saturated carbocycles. The number of aromatic carboxylic acids is 1. The second kappa shape index (κ2) is 11.3. The Hall–Kier alpha value is -6.00. The molecular formula is C38H28N4O3. The fourth-order valence-corrected chi connectivity index (χ4v) is 5.96. The van der Waals surface area contributed by atoms with Gasteiger partial charge in [0.2, 0.25) is 0 Å². The van der Waals surface area contributed by atoms with Gasteiger partial charge in [0, 0.05) is 30.5 Å². The number of nitrogens with zero attached hydrogens (tertiary/aromatic N) is 3. The van der Waals surface area contributed by atoms with E-state index in [2.05, 4.69) is 51.3 Å². The van der Waals surface area contributed by atoms with Gasteiger partial charge in [0.25, 0.3) is 5.91 Å². The van der Waals surface area contributed by atoms with E-state index in [-0.39, 0.29) is 11.5 Å². The molecule has 2 N–H and O–H groups in total. The summed E-state index contributed by atoms with van der Waals surface area (Å²) in [6.07, 6.45) is 7.10. The summed E-state index contributed by atoms with van der Waals surface area (Å²) in [5.41, 5.74) is 7.47. The first-order valence-corrected chi connectivity index (χ1v) is 14.7. The highest BCUT2D eigenvalue weighted by molar-refractivity contribution is 6.08. The lowest BCUT2D eigenvalue weighted by Gasteiger charge is -2.20. The highest BCUT2D eigenvalue weighted by Gasteiger charge is 2.46. The number of fused-ring (bicyclic) bond motifs is 1. The van der Waals surface area contributed by atoms with Crippen molar-refractivity contribution in [3.63, 3.8) is 0 Å². The van der Waals surface area contributed by atoms with Crippen molar-refractivity contribution in [3.05, 3.63) is 150 Å².